The summed E-state index contributed by atoms with van der Waals surface area (Å²) in [5.74, 6) is 0. The Morgan fingerprint density at radius 1 is 1.28 bits per heavy atom. The van der Waals surface area contributed by atoms with E-state index in [0.29, 0.717) is 21.4 Å². The Hall–Kier alpha value is -1.45. The van der Waals surface area contributed by atoms with E-state index in [4.69, 9.17) is 28.9 Å². The summed E-state index contributed by atoms with van der Waals surface area (Å²) < 4.78 is 0. The first-order valence-corrected chi connectivity index (χ1v) is 6.24. The van der Waals surface area contributed by atoms with Gasteiger partial charge in [-0.2, -0.15) is 0 Å². The van der Waals surface area contributed by atoms with E-state index in [9.17, 15) is 0 Å². The molecule has 1 atom stereocenters. The van der Waals surface area contributed by atoms with E-state index in [2.05, 4.69) is 10.3 Å². The van der Waals surface area contributed by atoms with E-state index in [1.54, 1.807) is 24.5 Å². The Morgan fingerprint density at radius 2 is 1.94 bits per heavy atom. The second-order valence-electron chi connectivity index (χ2n) is 4.01. The van der Waals surface area contributed by atoms with Gasteiger partial charge in [-0.15, -0.1) is 0 Å². The van der Waals surface area contributed by atoms with Gasteiger partial charge in [0.05, 0.1) is 21.8 Å². The summed E-state index contributed by atoms with van der Waals surface area (Å²) in [6, 6.07) is 7.28. The molecule has 94 valence electrons. The highest BCUT2D eigenvalue weighted by atomic mass is 35.5. The molecule has 5 heteroatoms. The minimum Gasteiger partial charge on any atom is -0.399 e. The van der Waals surface area contributed by atoms with Crippen LogP contribution in [0.1, 0.15) is 18.5 Å². The van der Waals surface area contributed by atoms with Crippen LogP contribution in [0.4, 0.5) is 11.4 Å². The molecule has 0 radical (unpaired) electrons. The molecule has 1 unspecified atom stereocenters. The topological polar surface area (TPSA) is 50.9 Å². The van der Waals surface area contributed by atoms with Crippen molar-refractivity contribution in [1.29, 1.82) is 0 Å². The van der Waals surface area contributed by atoms with Crippen molar-refractivity contribution in [3.05, 3.63) is 52.3 Å². The van der Waals surface area contributed by atoms with Crippen molar-refractivity contribution in [1.82, 2.24) is 4.98 Å². The predicted molar refractivity (Wildman–Crippen MR) is 77.1 cm³/mol. The number of halogens is 2. The predicted octanol–water partition coefficient (Wildman–Crippen LogP) is 4.14. The molecule has 1 aromatic heterocycles. The smallest absolute Gasteiger partial charge is 0.0725 e. The molecule has 1 aromatic carbocycles. The lowest BCUT2D eigenvalue weighted by atomic mass is 10.1. The van der Waals surface area contributed by atoms with Crippen LogP contribution in [0.25, 0.3) is 0 Å². The highest BCUT2D eigenvalue weighted by molar-refractivity contribution is 6.39. The van der Waals surface area contributed by atoms with Crippen LogP contribution in [0.5, 0.6) is 0 Å². The van der Waals surface area contributed by atoms with Gasteiger partial charge in [0, 0.05) is 18.1 Å². The number of hydrogen-bond acceptors (Lipinski definition) is 3. The van der Waals surface area contributed by atoms with Gasteiger partial charge in [-0.05, 0) is 30.7 Å². The molecular formula is C13H13Cl2N3. The number of hydrogen-bond donors (Lipinski definition) is 2. The van der Waals surface area contributed by atoms with Gasteiger partial charge in [0.2, 0.25) is 0 Å². The maximum atomic E-state index is 6.12. The number of aromatic nitrogens is 1. The molecule has 1 heterocycles. The van der Waals surface area contributed by atoms with Crippen molar-refractivity contribution >= 4 is 34.6 Å². The van der Waals surface area contributed by atoms with Crippen LogP contribution in [-0.2, 0) is 0 Å². The SMILES string of the molecule is CC(Nc1c(Cl)cc(N)cc1Cl)c1cccnc1. The number of nitrogens with two attached hydrogens (primary N) is 1. The molecule has 0 aliphatic rings. The highest BCUT2D eigenvalue weighted by Crippen LogP contribution is 2.35. The quantitative estimate of drug-likeness (QED) is 0.832. The molecule has 0 bridgehead atoms. The van der Waals surface area contributed by atoms with E-state index in [1.165, 1.54) is 0 Å². The lowest BCUT2D eigenvalue weighted by molar-refractivity contribution is 0.876. The van der Waals surface area contributed by atoms with Crippen LogP contribution < -0.4 is 11.1 Å². The van der Waals surface area contributed by atoms with Gasteiger partial charge in [0.1, 0.15) is 0 Å². The molecule has 0 saturated carbocycles. The summed E-state index contributed by atoms with van der Waals surface area (Å²) in [4.78, 5) is 4.08. The summed E-state index contributed by atoms with van der Waals surface area (Å²) in [6.07, 6.45) is 3.54. The number of benzene rings is 1. The van der Waals surface area contributed by atoms with Gasteiger partial charge in [-0.3, -0.25) is 4.98 Å². The van der Waals surface area contributed by atoms with Crippen LogP contribution in [0, 0.1) is 0 Å². The van der Waals surface area contributed by atoms with Gasteiger partial charge in [-0.25, -0.2) is 0 Å². The molecule has 3 nitrogen and oxygen atoms in total. The van der Waals surface area contributed by atoms with Crippen molar-refractivity contribution < 1.29 is 0 Å². The zero-order chi connectivity index (χ0) is 13.1. The highest BCUT2D eigenvalue weighted by Gasteiger charge is 2.11. The first-order chi connectivity index (χ1) is 8.58. The van der Waals surface area contributed by atoms with Crippen LogP contribution in [0.2, 0.25) is 10.0 Å². The molecule has 18 heavy (non-hydrogen) atoms. The molecule has 3 N–H and O–H groups in total. The third-order valence-corrected chi connectivity index (χ3v) is 3.21. The van der Waals surface area contributed by atoms with Gasteiger partial charge < -0.3 is 11.1 Å². The van der Waals surface area contributed by atoms with E-state index in [-0.39, 0.29) is 6.04 Å². The molecule has 0 amide bonds. The monoisotopic (exact) mass is 281 g/mol. The number of nitrogens with zero attached hydrogens (tertiary/aromatic N) is 1. The average Bonchev–Trinajstić information content (AvgIpc) is 2.34. The first-order valence-electron chi connectivity index (χ1n) is 5.49. The number of nitrogen functional groups attached to an aromatic ring is 1. The molecular weight excluding hydrogens is 269 g/mol. The van der Waals surface area contributed by atoms with Crippen LogP contribution in [-0.4, -0.2) is 4.98 Å². The number of pyridine rings is 1. The van der Waals surface area contributed by atoms with Crippen LogP contribution in [0.3, 0.4) is 0 Å². The molecule has 0 aliphatic carbocycles. The third kappa shape index (κ3) is 2.86. The molecule has 2 aromatic rings. The summed E-state index contributed by atoms with van der Waals surface area (Å²) in [6.45, 7) is 2.01. The Labute approximate surface area is 116 Å². The number of nitrogens with one attached hydrogen (secondary N) is 1. The van der Waals surface area contributed by atoms with Gasteiger partial charge in [0.25, 0.3) is 0 Å². The Kier molecular flexibility index (Phi) is 3.94. The maximum Gasteiger partial charge on any atom is 0.0725 e. The fraction of sp³-hybridized carbons (Fsp3) is 0.154. The zero-order valence-electron chi connectivity index (χ0n) is 9.82. The summed E-state index contributed by atoms with van der Waals surface area (Å²) >= 11 is 12.2. The molecule has 0 saturated heterocycles. The minimum absolute atomic E-state index is 0.0531. The molecule has 0 fully saturated rings. The number of anilines is 2. The largest absolute Gasteiger partial charge is 0.399 e. The molecule has 2 rings (SSSR count). The summed E-state index contributed by atoms with van der Waals surface area (Å²) in [7, 11) is 0. The lowest BCUT2D eigenvalue weighted by Crippen LogP contribution is -2.08. The minimum atomic E-state index is 0.0531. The van der Waals surface area contributed by atoms with E-state index >= 15 is 0 Å². The second-order valence-corrected chi connectivity index (χ2v) is 4.83. The van der Waals surface area contributed by atoms with Crippen molar-refractivity contribution in [2.45, 2.75) is 13.0 Å². The standard InChI is InChI=1S/C13H13Cl2N3/c1-8(9-3-2-4-17-7-9)18-13-11(14)5-10(16)6-12(13)15/h2-8,18H,16H2,1H3. The zero-order valence-corrected chi connectivity index (χ0v) is 11.3. The second kappa shape index (κ2) is 5.46. The Morgan fingerprint density at radius 3 is 2.50 bits per heavy atom. The van der Waals surface area contributed by atoms with Gasteiger partial charge >= 0.3 is 0 Å². The summed E-state index contributed by atoms with van der Waals surface area (Å²) in [5, 5.41) is 4.28. The molecule has 0 spiro atoms. The fourth-order valence-electron chi connectivity index (χ4n) is 1.66. The van der Waals surface area contributed by atoms with Crippen molar-refractivity contribution in [3.8, 4) is 0 Å². The number of rotatable bonds is 3. The van der Waals surface area contributed by atoms with Crippen molar-refractivity contribution in [2.75, 3.05) is 11.1 Å². The van der Waals surface area contributed by atoms with Crippen molar-refractivity contribution in [2.24, 2.45) is 0 Å². The average molecular weight is 282 g/mol. The normalized spacial score (nSPS) is 12.2. The van der Waals surface area contributed by atoms with E-state index in [1.807, 2.05) is 19.1 Å². The lowest BCUT2D eigenvalue weighted by Gasteiger charge is -2.17. The third-order valence-electron chi connectivity index (χ3n) is 2.61. The van der Waals surface area contributed by atoms with E-state index in [0.717, 1.165) is 5.56 Å². The fourth-order valence-corrected chi connectivity index (χ4v) is 2.28. The first kappa shape index (κ1) is 13.0. The van der Waals surface area contributed by atoms with Crippen LogP contribution in [0.15, 0.2) is 36.7 Å². The van der Waals surface area contributed by atoms with Crippen LogP contribution >= 0.6 is 23.2 Å². The molecule has 0 aliphatic heterocycles. The van der Waals surface area contributed by atoms with Gasteiger partial charge in [0.15, 0.2) is 0 Å². The van der Waals surface area contributed by atoms with Crippen molar-refractivity contribution in [3.63, 3.8) is 0 Å². The summed E-state index contributed by atoms with van der Waals surface area (Å²) in [5.41, 5.74) is 7.95. The Bertz CT molecular complexity index is 520. The van der Waals surface area contributed by atoms with Gasteiger partial charge in [-0.1, -0.05) is 29.3 Å². The van der Waals surface area contributed by atoms with E-state index < -0.39 is 0 Å². The Balaban J connectivity index is 2.25. The maximum absolute atomic E-state index is 6.12.